The minimum absolute atomic E-state index is 0.135. The van der Waals surface area contributed by atoms with Gasteiger partial charge < -0.3 is 10.6 Å². The van der Waals surface area contributed by atoms with Crippen molar-refractivity contribution in [2.24, 2.45) is 0 Å². The molecule has 2 aromatic rings. The normalized spacial score (nSPS) is 18.1. The number of hydrogen-bond donors (Lipinski definition) is 2. The maximum atomic E-state index is 12.4. The number of para-hydroxylation sites is 1. The lowest BCUT2D eigenvalue weighted by Gasteiger charge is -2.14. The van der Waals surface area contributed by atoms with E-state index in [1.165, 1.54) is 4.80 Å². The average Bonchev–Trinajstić information content (AvgIpc) is 2.84. The van der Waals surface area contributed by atoms with Crippen molar-refractivity contribution in [3.05, 3.63) is 41.7 Å². The second kappa shape index (κ2) is 6.60. The van der Waals surface area contributed by atoms with E-state index in [1.54, 1.807) is 6.92 Å². The number of rotatable bonds is 3. The Morgan fingerprint density at radius 1 is 1.26 bits per heavy atom. The Morgan fingerprint density at radius 2 is 2.04 bits per heavy atom. The Labute approximate surface area is 134 Å². The van der Waals surface area contributed by atoms with E-state index in [1.807, 2.05) is 30.3 Å². The number of amides is 2. The molecule has 1 aromatic heterocycles. The van der Waals surface area contributed by atoms with Gasteiger partial charge in [-0.2, -0.15) is 9.90 Å². The molecule has 2 heterocycles. The minimum atomic E-state index is -0.508. The zero-order chi connectivity index (χ0) is 16.2. The Bertz CT molecular complexity index is 711. The molecule has 0 radical (unpaired) electrons. The van der Waals surface area contributed by atoms with Crippen molar-refractivity contribution in [2.75, 3.05) is 6.54 Å². The van der Waals surface area contributed by atoms with Crippen LogP contribution in [0.2, 0.25) is 0 Å². The van der Waals surface area contributed by atoms with Crippen LogP contribution >= 0.6 is 0 Å². The van der Waals surface area contributed by atoms with E-state index >= 15 is 0 Å². The fraction of sp³-hybridized carbons (Fsp3) is 0.375. The van der Waals surface area contributed by atoms with Gasteiger partial charge in [-0.25, -0.2) is 0 Å². The summed E-state index contributed by atoms with van der Waals surface area (Å²) in [5.74, 6) is -0.504. The molecule has 1 aromatic carbocycles. The molecular weight excluding hydrogens is 294 g/mol. The molecule has 23 heavy (non-hydrogen) atoms. The first kappa shape index (κ1) is 15.2. The molecule has 1 fully saturated rings. The highest BCUT2D eigenvalue weighted by atomic mass is 16.2. The lowest BCUT2D eigenvalue weighted by atomic mass is 10.1. The first-order chi connectivity index (χ1) is 11.1. The summed E-state index contributed by atoms with van der Waals surface area (Å²) < 4.78 is 0. The Morgan fingerprint density at radius 3 is 2.83 bits per heavy atom. The van der Waals surface area contributed by atoms with Crippen LogP contribution in [0.1, 0.15) is 35.4 Å². The molecule has 1 aliphatic heterocycles. The van der Waals surface area contributed by atoms with Gasteiger partial charge in [-0.3, -0.25) is 9.59 Å². The zero-order valence-corrected chi connectivity index (χ0v) is 13.0. The van der Waals surface area contributed by atoms with E-state index in [2.05, 4.69) is 20.8 Å². The monoisotopic (exact) mass is 313 g/mol. The lowest BCUT2D eigenvalue weighted by Crippen LogP contribution is -2.45. The predicted molar refractivity (Wildman–Crippen MR) is 84.2 cm³/mol. The van der Waals surface area contributed by atoms with Crippen molar-refractivity contribution in [1.29, 1.82) is 0 Å². The molecule has 2 amide bonds. The van der Waals surface area contributed by atoms with Crippen LogP contribution in [0.4, 0.5) is 0 Å². The third kappa shape index (κ3) is 3.39. The summed E-state index contributed by atoms with van der Waals surface area (Å²) in [6.07, 6.45) is 2.48. The molecule has 120 valence electrons. The van der Waals surface area contributed by atoms with Gasteiger partial charge in [-0.15, -0.1) is 5.10 Å². The zero-order valence-electron chi connectivity index (χ0n) is 13.0. The Hall–Kier alpha value is -2.70. The van der Waals surface area contributed by atoms with Crippen molar-refractivity contribution in [3.8, 4) is 5.69 Å². The van der Waals surface area contributed by atoms with Gasteiger partial charge >= 0.3 is 0 Å². The number of carbonyl (C=O) groups is 2. The number of hydrogen-bond acceptors (Lipinski definition) is 4. The van der Waals surface area contributed by atoms with Crippen LogP contribution in [0.25, 0.3) is 5.69 Å². The van der Waals surface area contributed by atoms with Crippen LogP contribution in [0.15, 0.2) is 30.3 Å². The van der Waals surface area contributed by atoms with Gasteiger partial charge in [0.2, 0.25) is 5.91 Å². The number of nitrogens with zero attached hydrogens (tertiary/aromatic N) is 3. The van der Waals surface area contributed by atoms with E-state index in [0.29, 0.717) is 18.7 Å². The molecule has 0 unspecified atom stereocenters. The Balaban J connectivity index is 1.77. The molecule has 3 rings (SSSR count). The molecule has 0 aliphatic carbocycles. The maximum Gasteiger partial charge on any atom is 0.274 e. The number of aryl methyl sites for hydroxylation is 1. The van der Waals surface area contributed by atoms with E-state index in [4.69, 9.17) is 0 Å². The molecule has 1 aliphatic rings. The van der Waals surface area contributed by atoms with Gasteiger partial charge in [0.15, 0.2) is 5.69 Å². The highest BCUT2D eigenvalue weighted by Crippen LogP contribution is 2.10. The molecule has 0 bridgehead atoms. The third-order valence-corrected chi connectivity index (χ3v) is 3.82. The molecule has 1 atom stereocenters. The minimum Gasteiger partial charge on any atom is -0.354 e. The van der Waals surface area contributed by atoms with Gasteiger partial charge in [-0.1, -0.05) is 18.2 Å². The van der Waals surface area contributed by atoms with E-state index in [9.17, 15) is 9.59 Å². The van der Waals surface area contributed by atoms with Gasteiger partial charge in [0.1, 0.15) is 6.04 Å². The SMILES string of the molecule is Cc1nn(-c2ccccc2)nc1C(=O)N[C@H]1CCCCNC1=O. The molecular formula is C16H19N5O2. The largest absolute Gasteiger partial charge is 0.354 e. The summed E-state index contributed by atoms with van der Waals surface area (Å²) in [6, 6.07) is 8.87. The summed E-state index contributed by atoms with van der Waals surface area (Å²) in [5, 5.41) is 14.1. The number of benzene rings is 1. The molecule has 2 N–H and O–H groups in total. The molecule has 0 saturated carbocycles. The third-order valence-electron chi connectivity index (χ3n) is 3.82. The number of nitrogens with one attached hydrogen (secondary N) is 2. The van der Waals surface area contributed by atoms with E-state index in [0.717, 1.165) is 18.5 Å². The topological polar surface area (TPSA) is 88.9 Å². The summed E-state index contributed by atoms with van der Waals surface area (Å²) in [7, 11) is 0. The van der Waals surface area contributed by atoms with Crippen LogP contribution in [-0.4, -0.2) is 39.4 Å². The standard InChI is InChI=1S/C16H19N5O2/c1-11-14(20-21(19-11)12-7-3-2-4-8-12)16(23)18-13-9-5-6-10-17-15(13)22/h2-4,7-8,13H,5-6,9-10H2,1H3,(H,17,22)(H,18,23)/t13-/m0/s1. The number of aromatic nitrogens is 3. The summed E-state index contributed by atoms with van der Waals surface area (Å²) >= 11 is 0. The second-order valence-electron chi connectivity index (χ2n) is 5.57. The second-order valence-corrected chi connectivity index (χ2v) is 5.57. The van der Waals surface area contributed by atoms with Crippen molar-refractivity contribution in [2.45, 2.75) is 32.2 Å². The van der Waals surface area contributed by atoms with Crippen molar-refractivity contribution >= 4 is 11.8 Å². The van der Waals surface area contributed by atoms with Gasteiger partial charge in [0.05, 0.1) is 11.4 Å². The van der Waals surface area contributed by atoms with Crippen molar-refractivity contribution < 1.29 is 9.59 Å². The molecule has 1 saturated heterocycles. The molecule has 7 nitrogen and oxygen atoms in total. The number of carbonyl (C=O) groups excluding carboxylic acids is 2. The average molecular weight is 313 g/mol. The van der Waals surface area contributed by atoms with Crippen LogP contribution < -0.4 is 10.6 Å². The van der Waals surface area contributed by atoms with E-state index in [-0.39, 0.29) is 17.5 Å². The lowest BCUT2D eigenvalue weighted by molar-refractivity contribution is -0.122. The summed E-state index contributed by atoms with van der Waals surface area (Å²) in [4.78, 5) is 25.8. The first-order valence-electron chi connectivity index (χ1n) is 7.73. The smallest absolute Gasteiger partial charge is 0.274 e. The highest BCUT2D eigenvalue weighted by molar-refractivity contribution is 5.96. The van der Waals surface area contributed by atoms with Crippen molar-refractivity contribution in [3.63, 3.8) is 0 Å². The van der Waals surface area contributed by atoms with Crippen molar-refractivity contribution in [1.82, 2.24) is 25.6 Å². The summed E-state index contributed by atoms with van der Waals surface area (Å²) in [5.41, 5.74) is 1.55. The predicted octanol–water partition coefficient (Wildman–Crippen LogP) is 0.974. The van der Waals surface area contributed by atoms with Crippen LogP contribution in [0.5, 0.6) is 0 Å². The Kier molecular flexibility index (Phi) is 4.36. The first-order valence-corrected chi connectivity index (χ1v) is 7.73. The van der Waals surface area contributed by atoms with Gasteiger partial charge in [0, 0.05) is 6.54 Å². The van der Waals surface area contributed by atoms with Gasteiger partial charge in [0.25, 0.3) is 5.91 Å². The molecule has 7 heteroatoms. The maximum absolute atomic E-state index is 12.4. The fourth-order valence-corrected chi connectivity index (χ4v) is 2.57. The van der Waals surface area contributed by atoms with Crippen LogP contribution in [-0.2, 0) is 4.79 Å². The quantitative estimate of drug-likeness (QED) is 0.884. The fourth-order valence-electron chi connectivity index (χ4n) is 2.57. The van der Waals surface area contributed by atoms with E-state index < -0.39 is 6.04 Å². The molecule has 0 spiro atoms. The highest BCUT2D eigenvalue weighted by Gasteiger charge is 2.25. The van der Waals surface area contributed by atoms with Gasteiger partial charge in [-0.05, 0) is 38.3 Å². The van der Waals surface area contributed by atoms with Crippen LogP contribution in [0.3, 0.4) is 0 Å². The van der Waals surface area contributed by atoms with Crippen LogP contribution in [0, 0.1) is 6.92 Å². The summed E-state index contributed by atoms with van der Waals surface area (Å²) in [6.45, 7) is 2.39.